The maximum atomic E-state index is 12.7. The first-order chi connectivity index (χ1) is 14.0. The Bertz CT molecular complexity index is 1070. The number of aromatic hydroxyl groups is 1. The molecule has 0 spiro atoms. The van der Waals surface area contributed by atoms with Gasteiger partial charge in [0, 0.05) is 48.2 Å². The molecule has 3 aromatic rings. The minimum Gasteiger partial charge on any atom is -0.507 e. The van der Waals surface area contributed by atoms with Crippen LogP contribution in [-0.4, -0.2) is 24.4 Å². The highest BCUT2D eigenvalue weighted by molar-refractivity contribution is 5.86. The summed E-state index contributed by atoms with van der Waals surface area (Å²) in [6, 6.07) is 11.8. The maximum absolute atomic E-state index is 12.7. The second kappa shape index (κ2) is 8.39. The van der Waals surface area contributed by atoms with Gasteiger partial charge in [0.05, 0.1) is 6.10 Å². The van der Waals surface area contributed by atoms with Crippen LogP contribution in [0.4, 0.5) is 0 Å². The smallest absolute Gasteiger partial charge is 0.340 e. The number of ether oxygens (including phenoxy) is 1. The molecular formula is C24H27NO4. The molecule has 152 valence electrons. The zero-order valence-corrected chi connectivity index (χ0v) is 17.0. The molecule has 2 heterocycles. The average Bonchev–Trinajstić information content (AvgIpc) is 3.24. The highest BCUT2D eigenvalue weighted by Crippen LogP contribution is 2.33. The molecule has 2 N–H and O–H groups in total. The van der Waals surface area contributed by atoms with E-state index in [0.29, 0.717) is 29.7 Å². The maximum Gasteiger partial charge on any atom is 0.340 e. The summed E-state index contributed by atoms with van der Waals surface area (Å²) in [5.41, 5.74) is 4.15. The van der Waals surface area contributed by atoms with Crippen molar-refractivity contribution in [1.82, 2.24) is 5.32 Å². The minimum atomic E-state index is -0.342. The van der Waals surface area contributed by atoms with Gasteiger partial charge in [-0.05, 0) is 43.9 Å². The van der Waals surface area contributed by atoms with Crippen molar-refractivity contribution in [2.24, 2.45) is 0 Å². The molecule has 0 amide bonds. The summed E-state index contributed by atoms with van der Waals surface area (Å²) in [5.74, 6) is 0.177. The van der Waals surface area contributed by atoms with Crippen LogP contribution in [0.2, 0.25) is 0 Å². The van der Waals surface area contributed by atoms with Crippen molar-refractivity contribution in [2.75, 3.05) is 13.2 Å². The van der Waals surface area contributed by atoms with Gasteiger partial charge in [0.25, 0.3) is 0 Å². The molecule has 1 unspecified atom stereocenters. The number of aryl methyl sites for hydroxylation is 2. The van der Waals surface area contributed by atoms with E-state index in [-0.39, 0.29) is 17.5 Å². The Hall–Kier alpha value is -2.63. The molecular weight excluding hydrogens is 366 g/mol. The van der Waals surface area contributed by atoms with E-state index in [4.69, 9.17) is 9.15 Å². The fourth-order valence-corrected chi connectivity index (χ4v) is 4.05. The van der Waals surface area contributed by atoms with Crippen LogP contribution in [0.3, 0.4) is 0 Å². The standard InChI is InChI=1S/C24H27NO4/c1-15-20-12-18(13-25-14-19-9-6-10-28-19)22(26)16(2)23(20)29-24(27)21(15)11-17-7-4-3-5-8-17/h3-5,7-8,12,19,25-26H,6,9-11,13-14H2,1-2H3. The van der Waals surface area contributed by atoms with Crippen LogP contribution in [-0.2, 0) is 17.7 Å². The highest BCUT2D eigenvalue weighted by atomic mass is 16.5. The normalized spacial score (nSPS) is 16.6. The van der Waals surface area contributed by atoms with E-state index in [9.17, 15) is 9.90 Å². The van der Waals surface area contributed by atoms with Crippen LogP contribution in [0.5, 0.6) is 5.75 Å². The van der Waals surface area contributed by atoms with E-state index in [1.165, 1.54) is 0 Å². The van der Waals surface area contributed by atoms with Gasteiger partial charge < -0.3 is 19.6 Å². The lowest BCUT2D eigenvalue weighted by Gasteiger charge is -2.15. The predicted molar refractivity (Wildman–Crippen MR) is 114 cm³/mol. The Kier molecular flexibility index (Phi) is 5.69. The topological polar surface area (TPSA) is 71.7 Å². The van der Waals surface area contributed by atoms with Gasteiger partial charge in [-0.2, -0.15) is 0 Å². The average molecular weight is 393 g/mol. The first-order valence-corrected chi connectivity index (χ1v) is 10.2. The number of fused-ring (bicyclic) bond motifs is 1. The molecule has 1 fully saturated rings. The lowest BCUT2D eigenvalue weighted by molar-refractivity contribution is 0.110. The summed E-state index contributed by atoms with van der Waals surface area (Å²) >= 11 is 0. The Morgan fingerprint density at radius 2 is 1.97 bits per heavy atom. The van der Waals surface area contributed by atoms with Crippen LogP contribution in [0.1, 0.15) is 40.7 Å². The fourth-order valence-electron chi connectivity index (χ4n) is 4.05. The van der Waals surface area contributed by atoms with E-state index in [2.05, 4.69) is 5.32 Å². The van der Waals surface area contributed by atoms with E-state index in [1.807, 2.05) is 43.3 Å². The number of hydrogen-bond donors (Lipinski definition) is 2. The third-order valence-electron chi connectivity index (χ3n) is 5.80. The number of nitrogens with one attached hydrogen (secondary N) is 1. The Balaban J connectivity index is 1.67. The SMILES string of the molecule is Cc1c(Cc2ccccc2)c(=O)oc2c(C)c(O)c(CNCC3CCCO3)cc12. The van der Waals surface area contributed by atoms with Crippen molar-refractivity contribution in [2.45, 2.75) is 45.8 Å². The van der Waals surface area contributed by atoms with E-state index in [0.717, 1.165) is 48.1 Å². The Morgan fingerprint density at radius 3 is 2.69 bits per heavy atom. The number of hydrogen-bond acceptors (Lipinski definition) is 5. The lowest BCUT2D eigenvalue weighted by atomic mass is 9.96. The summed E-state index contributed by atoms with van der Waals surface area (Å²) in [4.78, 5) is 12.7. The van der Waals surface area contributed by atoms with Crippen molar-refractivity contribution in [3.05, 3.63) is 74.6 Å². The van der Waals surface area contributed by atoms with Gasteiger partial charge in [0.2, 0.25) is 0 Å². The van der Waals surface area contributed by atoms with E-state index >= 15 is 0 Å². The van der Waals surface area contributed by atoms with Crippen molar-refractivity contribution in [3.8, 4) is 5.75 Å². The summed E-state index contributed by atoms with van der Waals surface area (Å²) in [7, 11) is 0. The molecule has 0 radical (unpaired) electrons. The van der Waals surface area contributed by atoms with Crippen LogP contribution in [0.15, 0.2) is 45.6 Å². The van der Waals surface area contributed by atoms with Crippen molar-refractivity contribution in [3.63, 3.8) is 0 Å². The number of phenolic OH excluding ortho intramolecular Hbond substituents is 1. The quantitative estimate of drug-likeness (QED) is 0.620. The van der Waals surface area contributed by atoms with Gasteiger partial charge in [0.15, 0.2) is 0 Å². The summed E-state index contributed by atoms with van der Waals surface area (Å²) in [6.07, 6.45) is 2.95. The number of benzene rings is 2. The lowest BCUT2D eigenvalue weighted by Crippen LogP contribution is -2.25. The first-order valence-electron chi connectivity index (χ1n) is 10.2. The van der Waals surface area contributed by atoms with Crippen LogP contribution < -0.4 is 10.9 Å². The predicted octanol–water partition coefficient (Wildman–Crippen LogP) is 3.97. The van der Waals surface area contributed by atoms with Gasteiger partial charge in [-0.15, -0.1) is 0 Å². The van der Waals surface area contributed by atoms with Gasteiger partial charge in [0.1, 0.15) is 11.3 Å². The van der Waals surface area contributed by atoms with Crippen molar-refractivity contribution >= 4 is 11.0 Å². The zero-order valence-electron chi connectivity index (χ0n) is 17.0. The van der Waals surface area contributed by atoms with E-state index in [1.54, 1.807) is 6.92 Å². The van der Waals surface area contributed by atoms with Crippen molar-refractivity contribution in [1.29, 1.82) is 0 Å². The molecule has 2 aromatic carbocycles. The van der Waals surface area contributed by atoms with Gasteiger partial charge in [-0.1, -0.05) is 30.3 Å². The van der Waals surface area contributed by atoms with Crippen LogP contribution >= 0.6 is 0 Å². The molecule has 5 heteroatoms. The molecule has 4 rings (SSSR count). The number of phenols is 1. The molecule has 0 bridgehead atoms. The summed E-state index contributed by atoms with van der Waals surface area (Å²) in [5, 5.41) is 14.9. The molecule has 1 atom stereocenters. The molecule has 1 aliphatic heterocycles. The highest BCUT2D eigenvalue weighted by Gasteiger charge is 2.19. The second-order valence-corrected chi connectivity index (χ2v) is 7.81. The fraction of sp³-hybridized carbons (Fsp3) is 0.375. The number of rotatable bonds is 6. The molecule has 1 aliphatic rings. The summed E-state index contributed by atoms with van der Waals surface area (Å²) in [6.45, 7) is 5.88. The minimum absolute atomic E-state index is 0.177. The Labute approximate surface area is 170 Å². The van der Waals surface area contributed by atoms with E-state index < -0.39 is 0 Å². The zero-order chi connectivity index (χ0) is 20.4. The van der Waals surface area contributed by atoms with Crippen molar-refractivity contribution < 1.29 is 14.3 Å². The molecule has 0 aliphatic carbocycles. The van der Waals surface area contributed by atoms with Gasteiger partial charge in [-0.3, -0.25) is 0 Å². The van der Waals surface area contributed by atoms with Gasteiger partial charge in [-0.25, -0.2) is 4.79 Å². The molecule has 29 heavy (non-hydrogen) atoms. The summed E-state index contributed by atoms with van der Waals surface area (Å²) < 4.78 is 11.3. The van der Waals surface area contributed by atoms with Crippen LogP contribution in [0, 0.1) is 13.8 Å². The van der Waals surface area contributed by atoms with Crippen LogP contribution in [0.25, 0.3) is 11.0 Å². The largest absolute Gasteiger partial charge is 0.507 e. The second-order valence-electron chi connectivity index (χ2n) is 7.81. The monoisotopic (exact) mass is 393 g/mol. The van der Waals surface area contributed by atoms with Gasteiger partial charge >= 0.3 is 5.63 Å². The molecule has 1 aromatic heterocycles. The first kappa shape index (κ1) is 19.7. The third-order valence-corrected chi connectivity index (χ3v) is 5.80. The molecule has 5 nitrogen and oxygen atoms in total. The molecule has 0 saturated carbocycles. The Morgan fingerprint density at radius 1 is 1.17 bits per heavy atom. The molecule has 1 saturated heterocycles. The third kappa shape index (κ3) is 4.07.